The normalized spacial score (nSPS) is 12.6. The summed E-state index contributed by atoms with van der Waals surface area (Å²) in [7, 11) is 1.79. The third kappa shape index (κ3) is 2.81. The Morgan fingerprint density at radius 3 is 2.84 bits per heavy atom. The first-order chi connectivity index (χ1) is 9.17. The maximum absolute atomic E-state index is 13.7. The third-order valence-corrected chi connectivity index (χ3v) is 3.20. The smallest absolute Gasteiger partial charge is 0.162 e. The average molecular weight is 265 g/mol. The summed E-state index contributed by atoms with van der Waals surface area (Å²) in [5.74, 6) is -0.766. The molecule has 0 aliphatic carbocycles. The summed E-state index contributed by atoms with van der Waals surface area (Å²) in [4.78, 5) is 4.29. The Morgan fingerprint density at radius 1 is 1.37 bits per heavy atom. The zero-order chi connectivity index (χ0) is 13.8. The molecular weight excluding hydrogens is 248 g/mol. The molecule has 1 aromatic heterocycles. The van der Waals surface area contributed by atoms with E-state index < -0.39 is 11.6 Å². The van der Waals surface area contributed by atoms with E-state index in [2.05, 4.69) is 10.3 Å². The van der Waals surface area contributed by atoms with Gasteiger partial charge in [-0.25, -0.2) is 13.8 Å². The van der Waals surface area contributed by atoms with Crippen molar-refractivity contribution in [3.05, 3.63) is 53.6 Å². The van der Waals surface area contributed by atoms with Crippen molar-refractivity contribution in [1.29, 1.82) is 0 Å². The van der Waals surface area contributed by atoms with Gasteiger partial charge in [-0.2, -0.15) is 0 Å². The van der Waals surface area contributed by atoms with Crippen molar-refractivity contribution in [2.75, 3.05) is 7.05 Å². The highest BCUT2D eigenvalue weighted by Gasteiger charge is 2.18. The van der Waals surface area contributed by atoms with Crippen LogP contribution in [0.15, 0.2) is 30.6 Å². The van der Waals surface area contributed by atoms with Gasteiger partial charge in [0.25, 0.3) is 0 Å². The van der Waals surface area contributed by atoms with Crippen LogP contribution >= 0.6 is 0 Å². The standard InChI is InChI=1S/C14H17F2N3/c1-3-19-8-7-18-14(19)12(17-2)9-10-5-4-6-11(15)13(10)16/h4-8,12,17H,3,9H2,1-2H3. The first-order valence-corrected chi connectivity index (χ1v) is 6.28. The highest BCUT2D eigenvalue weighted by atomic mass is 19.2. The van der Waals surface area contributed by atoms with E-state index in [-0.39, 0.29) is 6.04 Å². The van der Waals surface area contributed by atoms with Crippen LogP contribution in [0.3, 0.4) is 0 Å². The van der Waals surface area contributed by atoms with Crippen molar-refractivity contribution in [1.82, 2.24) is 14.9 Å². The van der Waals surface area contributed by atoms with Crippen molar-refractivity contribution in [3.8, 4) is 0 Å². The van der Waals surface area contributed by atoms with Crippen LogP contribution < -0.4 is 5.32 Å². The summed E-state index contributed by atoms with van der Waals surface area (Å²) in [6.45, 7) is 2.81. The lowest BCUT2D eigenvalue weighted by atomic mass is 10.0. The molecule has 102 valence electrons. The van der Waals surface area contributed by atoms with Gasteiger partial charge in [0, 0.05) is 18.9 Å². The number of halogens is 2. The predicted molar refractivity (Wildman–Crippen MR) is 69.8 cm³/mol. The minimum Gasteiger partial charge on any atom is -0.334 e. The van der Waals surface area contributed by atoms with Gasteiger partial charge in [-0.05, 0) is 32.0 Å². The van der Waals surface area contributed by atoms with Crippen molar-refractivity contribution < 1.29 is 8.78 Å². The van der Waals surface area contributed by atoms with E-state index in [9.17, 15) is 8.78 Å². The Morgan fingerprint density at radius 2 is 2.16 bits per heavy atom. The maximum Gasteiger partial charge on any atom is 0.162 e. The van der Waals surface area contributed by atoms with Crippen LogP contribution in [0.1, 0.15) is 24.4 Å². The van der Waals surface area contributed by atoms with Crippen LogP contribution in [0.2, 0.25) is 0 Å². The van der Waals surface area contributed by atoms with Gasteiger partial charge in [0.1, 0.15) is 5.82 Å². The number of aryl methyl sites for hydroxylation is 1. The third-order valence-electron chi connectivity index (χ3n) is 3.20. The molecule has 19 heavy (non-hydrogen) atoms. The van der Waals surface area contributed by atoms with Gasteiger partial charge in [0.2, 0.25) is 0 Å². The zero-order valence-corrected chi connectivity index (χ0v) is 11.0. The Labute approximate surface area is 111 Å². The first-order valence-electron chi connectivity index (χ1n) is 6.28. The number of imidazole rings is 1. The van der Waals surface area contributed by atoms with E-state index in [1.54, 1.807) is 19.3 Å². The molecule has 0 amide bonds. The molecule has 3 nitrogen and oxygen atoms in total. The quantitative estimate of drug-likeness (QED) is 0.900. The van der Waals surface area contributed by atoms with E-state index in [0.29, 0.717) is 12.0 Å². The molecule has 0 aliphatic rings. The fraction of sp³-hybridized carbons (Fsp3) is 0.357. The summed E-state index contributed by atoms with van der Waals surface area (Å²) in [5.41, 5.74) is 0.352. The van der Waals surface area contributed by atoms with Crippen LogP contribution in [0.25, 0.3) is 0 Å². The zero-order valence-electron chi connectivity index (χ0n) is 11.0. The fourth-order valence-corrected chi connectivity index (χ4v) is 2.15. The number of benzene rings is 1. The minimum absolute atomic E-state index is 0.147. The number of nitrogens with zero attached hydrogens (tertiary/aromatic N) is 2. The lowest BCUT2D eigenvalue weighted by Gasteiger charge is -2.17. The van der Waals surface area contributed by atoms with Crippen LogP contribution in [0.4, 0.5) is 8.78 Å². The second-order valence-corrected chi connectivity index (χ2v) is 4.33. The molecule has 2 aromatic rings. The largest absolute Gasteiger partial charge is 0.334 e. The van der Waals surface area contributed by atoms with Gasteiger partial charge < -0.3 is 9.88 Å². The molecule has 0 bridgehead atoms. The average Bonchev–Trinajstić information content (AvgIpc) is 2.88. The molecule has 5 heteroatoms. The number of likely N-dealkylation sites (N-methyl/N-ethyl adjacent to an activating group) is 1. The number of hydrogen-bond acceptors (Lipinski definition) is 2. The van der Waals surface area contributed by atoms with Crippen molar-refractivity contribution >= 4 is 0 Å². The molecule has 1 heterocycles. The van der Waals surface area contributed by atoms with Crippen LogP contribution in [-0.2, 0) is 13.0 Å². The van der Waals surface area contributed by atoms with Gasteiger partial charge in [-0.3, -0.25) is 0 Å². The minimum atomic E-state index is -0.814. The molecule has 2 rings (SSSR count). The summed E-state index contributed by atoms with van der Waals surface area (Å²) in [6, 6.07) is 4.10. The number of hydrogen-bond donors (Lipinski definition) is 1. The molecule has 1 N–H and O–H groups in total. The van der Waals surface area contributed by atoms with E-state index >= 15 is 0 Å². The maximum atomic E-state index is 13.7. The molecule has 0 radical (unpaired) electrons. The van der Waals surface area contributed by atoms with E-state index in [4.69, 9.17) is 0 Å². The van der Waals surface area contributed by atoms with Crippen LogP contribution in [0, 0.1) is 11.6 Å². The van der Waals surface area contributed by atoms with Crippen molar-refractivity contribution in [2.45, 2.75) is 25.9 Å². The molecule has 0 spiro atoms. The Bertz CT molecular complexity index is 551. The fourth-order valence-electron chi connectivity index (χ4n) is 2.15. The molecule has 1 atom stereocenters. The summed E-state index contributed by atoms with van der Waals surface area (Å²) in [5, 5.41) is 3.10. The molecule has 1 unspecified atom stereocenters. The van der Waals surface area contributed by atoms with Crippen LogP contribution in [0.5, 0.6) is 0 Å². The van der Waals surface area contributed by atoms with E-state index in [1.165, 1.54) is 6.07 Å². The SMILES string of the molecule is CCn1ccnc1C(Cc1cccc(F)c1F)NC. The highest BCUT2D eigenvalue weighted by molar-refractivity contribution is 5.21. The molecule has 0 saturated heterocycles. The van der Waals surface area contributed by atoms with Crippen LogP contribution in [-0.4, -0.2) is 16.6 Å². The molecular formula is C14H17F2N3. The van der Waals surface area contributed by atoms with E-state index in [1.807, 2.05) is 17.7 Å². The lowest BCUT2D eigenvalue weighted by Crippen LogP contribution is -2.23. The molecule has 0 fully saturated rings. The molecule has 0 saturated carbocycles. The van der Waals surface area contributed by atoms with Crippen molar-refractivity contribution in [3.63, 3.8) is 0 Å². The predicted octanol–water partition coefficient (Wildman–Crippen LogP) is 2.68. The second-order valence-electron chi connectivity index (χ2n) is 4.33. The highest BCUT2D eigenvalue weighted by Crippen LogP contribution is 2.20. The van der Waals surface area contributed by atoms with Gasteiger partial charge in [-0.1, -0.05) is 12.1 Å². The Kier molecular flexibility index (Phi) is 4.27. The van der Waals surface area contributed by atoms with E-state index in [0.717, 1.165) is 18.4 Å². The number of rotatable bonds is 5. The van der Waals surface area contributed by atoms with Gasteiger partial charge in [-0.15, -0.1) is 0 Å². The van der Waals surface area contributed by atoms with Gasteiger partial charge >= 0.3 is 0 Å². The topological polar surface area (TPSA) is 29.9 Å². The Hall–Kier alpha value is -1.75. The summed E-state index contributed by atoms with van der Waals surface area (Å²) < 4.78 is 28.9. The van der Waals surface area contributed by atoms with Gasteiger partial charge in [0.15, 0.2) is 11.6 Å². The van der Waals surface area contributed by atoms with Gasteiger partial charge in [0.05, 0.1) is 6.04 Å². The monoisotopic (exact) mass is 265 g/mol. The number of nitrogens with one attached hydrogen (secondary N) is 1. The Balaban J connectivity index is 2.27. The number of aromatic nitrogens is 2. The second kappa shape index (κ2) is 5.93. The van der Waals surface area contributed by atoms with Crippen molar-refractivity contribution in [2.24, 2.45) is 0 Å². The molecule has 0 aliphatic heterocycles. The summed E-state index contributed by atoms with van der Waals surface area (Å²) in [6.07, 6.45) is 3.95. The summed E-state index contributed by atoms with van der Waals surface area (Å²) >= 11 is 0. The lowest BCUT2D eigenvalue weighted by molar-refractivity contribution is 0.475. The molecule has 1 aromatic carbocycles. The first kappa shape index (κ1) is 13.7.